The molecule has 1 aliphatic rings. The van der Waals surface area contributed by atoms with Gasteiger partial charge in [0, 0.05) is 81.3 Å². The van der Waals surface area contributed by atoms with E-state index in [-0.39, 0.29) is 29.7 Å². The lowest BCUT2D eigenvalue weighted by molar-refractivity contribution is -0.126. The molecule has 19 nitrogen and oxygen atoms in total. The van der Waals surface area contributed by atoms with Crippen LogP contribution < -0.4 is 26.0 Å². The first-order chi connectivity index (χ1) is 37.8. The number of aryl methyl sites for hydroxylation is 1. The fourth-order valence-electron chi connectivity index (χ4n) is 8.51. The number of aromatic nitrogens is 3. The number of para-hydroxylation sites is 1. The van der Waals surface area contributed by atoms with Crippen molar-refractivity contribution in [3.05, 3.63) is 139 Å². The molecule has 1 atom stereocenters. The van der Waals surface area contributed by atoms with E-state index in [1.165, 1.54) is 29.9 Å². The molecule has 2 aromatic heterocycles. The summed E-state index contributed by atoms with van der Waals surface area (Å²) in [6, 6.07) is 25.5. The Kier molecular flexibility index (Phi) is 21.9. The number of halogens is 2. The number of amides is 3. The van der Waals surface area contributed by atoms with Crippen molar-refractivity contribution in [2.75, 3.05) is 129 Å². The fraction of sp³-hybridized carbons (Fsp3) is 0.375. The number of thioether (sulfide) groups is 1. The molecule has 0 saturated heterocycles. The van der Waals surface area contributed by atoms with Crippen LogP contribution in [0.25, 0.3) is 22.2 Å². The third-order valence-electron chi connectivity index (χ3n) is 12.7. The van der Waals surface area contributed by atoms with Crippen LogP contribution in [0.4, 0.5) is 36.6 Å². The van der Waals surface area contributed by atoms with E-state index < -0.39 is 22.5 Å². The Labute approximate surface area is 458 Å². The summed E-state index contributed by atoms with van der Waals surface area (Å²) in [6.45, 7) is 8.97. The predicted molar refractivity (Wildman–Crippen MR) is 301 cm³/mol. The Morgan fingerprint density at radius 2 is 1.51 bits per heavy atom. The molecule has 0 spiro atoms. The number of urea groups is 1. The van der Waals surface area contributed by atoms with E-state index in [9.17, 15) is 18.4 Å². The highest BCUT2D eigenvalue weighted by molar-refractivity contribution is 8.15. The van der Waals surface area contributed by atoms with Gasteiger partial charge in [-0.15, -0.1) is 0 Å². The van der Waals surface area contributed by atoms with Gasteiger partial charge >= 0.3 is 6.03 Å². The maximum absolute atomic E-state index is 15.0. The lowest BCUT2D eigenvalue weighted by atomic mass is 10.0. The van der Waals surface area contributed by atoms with Gasteiger partial charge in [-0.3, -0.25) is 9.63 Å². The van der Waals surface area contributed by atoms with Gasteiger partial charge in [0.05, 0.1) is 89.3 Å². The zero-order valence-corrected chi connectivity index (χ0v) is 45.6. The second-order valence-electron chi connectivity index (χ2n) is 18.1. The van der Waals surface area contributed by atoms with Gasteiger partial charge in [0.25, 0.3) is 0 Å². The second-order valence-corrected chi connectivity index (χ2v) is 19.4. The van der Waals surface area contributed by atoms with Gasteiger partial charge in [0.2, 0.25) is 11.9 Å². The summed E-state index contributed by atoms with van der Waals surface area (Å²) in [5, 5.41) is 14.4. The zero-order valence-electron chi connectivity index (χ0n) is 44.8. The minimum absolute atomic E-state index is 0.0468. The van der Waals surface area contributed by atoms with Crippen LogP contribution in [0.2, 0.25) is 0 Å². The van der Waals surface area contributed by atoms with E-state index >= 15 is 0 Å². The molecule has 1 aliphatic heterocycles. The Morgan fingerprint density at radius 1 is 0.821 bits per heavy atom. The van der Waals surface area contributed by atoms with Gasteiger partial charge in [0.15, 0.2) is 0 Å². The van der Waals surface area contributed by atoms with Gasteiger partial charge < -0.3 is 54.4 Å². The molecule has 4 N–H and O–H groups in total. The summed E-state index contributed by atoms with van der Waals surface area (Å²) in [5.41, 5.74) is 11.3. The molecule has 7 rings (SSSR count). The topological polar surface area (TPSA) is 196 Å². The smallest absolute Gasteiger partial charge is 0.365 e. The summed E-state index contributed by atoms with van der Waals surface area (Å²) in [4.78, 5) is 44.7. The summed E-state index contributed by atoms with van der Waals surface area (Å²) in [7, 11) is 9.03. The number of carbonyl (C=O) groups excluding carboxylic acids is 2. The number of hydrazone groups is 1. The normalized spacial score (nSPS) is 14.2. The zero-order chi connectivity index (χ0) is 55.4. The van der Waals surface area contributed by atoms with E-state index in [0.717, 1.165) is 56.7 Å². The molecule has 0 saturated carbocycles. The molecule has 3 heterocycles. The first-order valence-corrected chi connectivity index (χ1v) is 26.4. The predicted octanol–water partition coefficient (Wildman–Crippen LogP) is 8.21. The fourth-order valence-corrected chi connectivity index (χ4v) is 9.93. The number of rotatable bonds is 31. The van der Waals surface area contributed by atoms with Gasteiger partial charge in [-0.1, -0.05) is 66.9 Å². The molecule has 416 valence electrons. The van der Waals surface area contributed by atoms with Crippen LogP contribution in [0.1, 0.15) is 24.0 Å². The van der Waals surface area contributed by atoms with E-state index in [4.69, 9.17) is 39.2 Å². The van der Waals surface area contributed by atoms with Crippen molar-refractivity contribution in [2.45, 2.75) is 17.7 Å². The number of carbonyl (C=O) groups is 2. The van der Waals surface area contributed by atoms with Crippen molar-refractivity contribution in [2.24, 2.45) is 17.9 Å². The number of benzene rings is 4. The third kappa shape index (κ3) is 15.4. The number of nitrogens with one attached hydrogen (secondary N) is 2. The number of hydrogen-bond donors (Lipinski definition) is 3. The van der Waals surface area contributed by atoms with Crippen molar-refractivity contribution in [1.82, 2.24) is 29.5 Å². The van der Waals surface area contributed by atoms with E-state index in [1.54, 1.807) is 19.4 Å². The molecule has 22 heteroatoms. The maximum Gasteiger partial charge on any atom is 0.365 e. The molecule has 3 amide bonds. The van der Waals surface area contributed by atoms with E-state index in [0.29, 0.717) is 108 Å². The number of hydrogen-bond acceptors (Lipinski definition) is 16. The van der Waals surface area contributed by atoms with Crippen LogP contribution in [0.5, 0.6) is 5.75 Å². The third-order valence-corrected chi connectivity index (χ3v) is 14.1. The lowest BCUT2D eigenvalue weighted by Crippen LogP contribution is -2.47. The molecule has 78 heavy (non-hydrogen) atoms. The van der Waals surface area contributed by atoms with Gasteiger partial charge in [-0.25, -0.2) is 28.6 Å². The quantitative estimate of drug-likeness (QED) is 0.0214. The van der Waals surface area contributed by atoms with Crippen LogP contribution in [-0.4, -0.2) is 160 Å². The minimum Gasteiger partial charge on any atom is -0.494 e. The lowest BCUT2D eigenvalue weighted by Gasteiger charge is -2.37. The highest BCUT2D eigenvalue weighted by atomic mass is 32.2. The van der Waals surface area contributed by atoms with E-state index in [2.05, 4.69) is 55.1 Å². The summed E-state index contributed by atoms with van der Waals surface area (Å²) in [6.07, 6.45) is 5.91. The van der Waals surface area contributed by atoms with Gasteiger partial charge in [-0.2, -0.15) is 10.1 Å². The minimum atomic E-state index is -1.09. The van der Waals surface area contributed by atoms with Gasteiger partial charge in [0.1, 0.15) is 27.3 Å². The molecule has 6 aromatic rings. The van der Waals surface area contributed by atoms with Gasteiger partial charge in [-0.05, 0) is 74.5 Å². The first kappa shape index (κ1) is 58.7. The molecular weight excluding hydrogens is 1020 g/mol. The second kappa shape index (κ2) is 29.1. The summed E-state index contributed by atoms with van der Waals surface area (Å²) < 4.78 is 59.9. The Hall–Kier alpha value is -7.02. The number of nitrogens with two attached hydrogens (primary N) is 1. The van der Waals surface area contributed by atoms with Crippen LogP contribution >= 0.6 is 11.8 Å². The highest BCUT2D eigenvalue weighted by Crippen LogP contribution is 2.51. The standard InChI is InChI=1S/C56H69F2N11O8S/c1-7-52(70)61-47-37-48(63-54-60-23-20-46(62-54)44-39-67(4)49-17-12-11-16-42(44)49)51(72-6)38-50(47)66(3)25-24-65(2)26-27-73-28-29-74-30-31-75-32-33-76-34-35-77-68(5)55(71)69-56(21-13-22-59,40-14-9-8-10-15-40)78-53(64-69)43-36-41(57)18-19-45(43)58/h7-12,14-20,23,36-39H,1,13,21-22,24-35,59H2,2-6H3,(H,61,70)(H,60,62,63). The average molecular weight is 1090 g/mol. The van der Waals surface area contributed by atoms with Crippen LogP contribution in [0, 0.1) is 11.6 Å². The number of methoxy groups -OCH3 is 1. The Balaban J connectivity index is 0.769. The summed E-state index contributed by atoms with van der Waals surface area (Å²) >= 11 is 1.17. The van der Waals surface area contributed by atoms with Crippen molar-refractivity contribution < 1.29 is 46.9 Å². The number of nitrogens with zero attached hydrogens (tertiary/aromatic N) is 8. The van der Waals surface area contributed by atoms with Crippen molar-refractivity contribution in [1.29, 1.82) is 0 Å². The average Bonchev–Trinajstić information content (AvgIpc) is 4.08. The molecule has 0 fully saturated rings. The maximum atomic E-state index is 15.0. The molecule has 0 aliphatic carbocycles. The Bertz CT molecular complexity index is 2970. The molecule has 4 aromatic carbocycles. The SMILES string of the molecule is C=CC(=O)Nc1cc(Nc2nccc(-c3cn(C)c4ccccc34)n2)c(OC)cc1N(C)CCN(C)CCOCCOCCOCCOCCON(C)C(=O)N1N=C(c2cc(F)ccc2F)SC1(CCCN)c1ccccc1. The van der Waals surface area contributed by atoms with Crippen LogP contribution in [-0.2, 0) is 40.5 Å². The number of ether oxygens (including phenoxy) is 5. The molecular formula is C56H69F2N11O8S. The highest BCUT2D eigenvalue weighted by Gasteiger charge is 2.50. The molecule has 1 unspecified atom stereocenters. The van der Waals surface area contributed by atoms with Crippen molar-refractivity contribution in [3.8, 4) is 17.0 Å². The monoisotopic (exact) mass is 1090 g/mol. The largest absolute Gasteiger partial charge is 0.494 e. The molecule has 0 bridgehead atoms. The number of anilines is 4. The number of fused-ring (bicyclic) bond motifs is 1. The number of likely N-dealkylation sites (N-methyl/N-ethyl adjacent to an activating group) is 2. The van der Waals surface area contributed by atoms with Crippen molar-refractivity contribution >= 4 is 62.7 Å². The van der Waals surface area contributed by atoms with Crippen LogP contribution in [0.3, 0.4) is 0 Å². The number of hydroxylamine groups is 2. The first-order valence-electron chi connectivity index (χ1n) is 25.6. The van der Waals surface area contributed by atoms with E-state index in [1.807, 2.05) is 80.6 Å². The summed E-state index contributed by atoms with van der Waals surface area (Å²) in [5.74, 6) is -0.726. The van der Waals surface area contributed by atoms with Crippen LogP contribution in [0.15, 0.2) is 121 Å². The molecule has 0 radical (unpaired) electrons. The Morgan fingerprint density at radius 3 is 2.22 bits per heavy atom. The van der Waals surface area contributed by atoms with Crippen molar-refractivity contribution in [3.63, 3.8) is 0 Å².